The summed E-state index contributed by atoms with van der Waals surface area (Å²) in [5.41, 5.74) is 2.85. The van der Waals surface area contributed by atoms with Gasteiger partial charge in [0.15, 0.2) is 0 Å². The third kappa shape index (κ3) is 2.07. The van der Waals surface area contributed by atoms with Crippen molar-refractivity contribution in [3.05, 3.63) is 29.8 Å². The third-order valence-corrected chi connectivity index (χ3v) is 4.61. The Bertz CT molecular complexity index is 535. The monoisotopic (exact) mass is 257 g/mol. The number of hydrogen-bond donors (Lipinski definition) is 1. The SMILES string of the molecule is CCC1CCC2=Nc3ccccc3C(C(=O)O)C2C1. The average molecular weight is 257 g/mol. The van der Waals surface area contributed by atoms with Gasteiger partial charge in [0.1, 0.15) is 0 Å². The van der Waals surface area contributed by atoms with Gasteiger partial charge in [-0.25, -0.2) is 0 Å². The lowest BCUT2D eigenvalue weighted by Gasteiger charge is -2.37. The minimum atomic E-state index is -0.707. The van der Waals surface area contributed by atoms with Crippen LogP contribution in [0.1, 0.15) is 44.1 Å². The standard InChI is InChI=1S/C16H19NO2/c1-2-10-7-8-14-12(9-10)15(16(18)19)11-5-3-4-6-13(11)17-14/h3-6,10,12,15H,2,7-9H2,1H3,(H,18,19). The minimum Gasteiger partial charge on any atom is -0.481 e. The zero-order valence-corrected chi connectivity index (χ0v) is 11.2. The quantitative estimate of drug-likeness (QED) is 0.876. The van der Waals surface area contributed by atoms with Crippen LogP contribution in [0.15, 0.2) is 29.3 Å². The van der Waals surface area contributed by atoms with Gasteiger partial charge < -0.3 is 5.11 Å². The normalized spacial score (nSPS) is 29.1. The van der Waals surface area contributed by atoms with Gasteiger partial charge in [0.25, 0.3) is 0 Å². The molecule has 19 heavy (non-hydrogen) atoms. The topological polar surface area (TPSA) is 49.7 Å². The molecule has 1 fully saturated rings. The van der Waals surface area contributed by atoms with Crippen molar-refractivity contribution in [1.82, 2.24) is 0 Å². The summed E-state index contributed by atoms with van der Waals surface area (Å²) in [5, 5.41) is 9.63. The Morgan fingerprint density at radius 1 is 1.42 bits per heavy atom. The molecule has 3 rings (SSSR count). The van der Waals surface area contributed by atoms with Crippen LogP contribution in [-0.2, 0) is 4.79 Å². The molecule has 0 aromatic heterocycles. The number of benzene rings is 1. The number of fused-ring (bicyclic) bond motifs is 2. The number of nitrogens with zero attached hydrogens (tertiary/aromatic N) is 1. The summed E-state index contributed by atoms with van der Waals surface area (Å²) in [6.45, 7) is 2.19. The van der Waals surface area contributed by atoms with Gasteiger partial charge >= 0.3 is 5.97 Å². The number of para-hydroxylation sites is 1. The van der Waals surface area contributed by atoms with Gasteiger partial charge in [-0.15, -0.1) is 0 Å². The molecule has 0 amide bonds. The maximum Gasteiger partial charge on any atom is 0.311 e. The van der Waals surface area contributed by atoms with E-state index in [1.54, 1.807) is 0 Å². The summed E-state index contributed by atoms with van der Waals surface area (Å²) in [6, 6.07) is 7.69. The highest BCUT2D eigenvalue weighted by Crippen LogP contribution is 2.45. The molecule has 3 unspecified atom stereocenters. The Morgan fingerprint density at radius 3 is 2.95 bits per heavy atom. The first kappa shape index (κ1) is 12.4. The number of aliphatic carboxylic acids is 1. The predicted octanol–water partition coefficient (Wildman–Crippen LogP) is 3.77. The number of rotatable bonds is 2. The fourth-order valence-electron chi connectivity index (χ4n) is 3.52. The number of carboxylic acids is 1. The molecule has 0 bridgehead atoms. The lowest BCUT2D eigenvalue weighted by atomic mass is 9.69. The first-order valence-electron chi connectivity index (χ1n) is 7.10. The molecule has 3 heteroatoms. The van der Waals surface area contributed by atoms with E-state index in [2.05, 4.69) is 6.92 Å². The van der Waals surface area contributed by atoms with E-state index in [9.17, 15) is 9.90 Å². The van der Waals surface area contributed by atoms with Crippen LogP contribution in [0.5, 0.6) is 0 Å². The molecule has 2 aliphatic rings. The molecule has 100 valence electrons. The van der Waals surface area contributed by atoms with Gasteiger partial charge in [-0.1, -0.05) is 31.5 Å². The van der Waals surface area contributed by atoms with Crippen LogP contribution in [-0.4, -0.2) is 16.8 Å². The molecule has 0 saturated heterocycles. The Hall–Kier alpha value is -1.64. The number of carboxylic acid groups (broad SMARTS) is 1. The van der Waals surface area contributed by atoms with Gasteiger partial charge in [0.2, 0.25) is 0 Å². The van der Waals surface area contributed by atoms with Crippen molar-refractivity contribution in [2.45, 2.75) is 38.5 Å². The van der Waals surface area contributed by atoms with Crippen LogP contribution in [0.3, 0.4) is 0 Å². The zero-order valence-electron chi connectivity index (χ0n) is 11.2. The highest BCUT2D eigenvalue weighted by molar-refractivity contribution is 5.98. The molecule has 1 aliphatic heterocycles. The third-order valence-electron chi connectivity index (χ3n) is 4.61. The van der Waals surface area contributed by atoms with Gasteiger partial charge in [-0.3, -0.25) is 9.79 Å². The van der Waals surface area contributed by atoms with Crippen LogP contribution in [0.25, 0.3) is 0 Å². The maximum atomic E-state index is 11.7. The highest BCUT2D eigenvalue weighted by Gasteiger charge is 2.40. The molecule has 1 heterocycles. The van der Waals surface area contributed by atoms with Crippen molar-refractivity contribution in [1.29, 1.82) is 0 Å². The Kier molecular flexibility index (Phi) is 3.13. The molecular formula is C16H19NO2. The molecule has 1 aliphatic carbocycles. The number of hydrogen-bond acceptors (Lipinski definition) is 2. The van der Waals surface area contributed by atoms with E-state index in [1.807, 2.05) is 24.3 Å². The fourth-order valence-corrected chi connectivity index (χ4v) is 3.52. The molecule has 0 spiro atoms. The van der Waals surface area contributed by atoms with Crippen LogP contribution in [0.2, 0.25) is 0 Å². The van der Waals surface area contributed by atoms with E-state index in [0.29, 0.717) is 5.92 Å². The Balaban J connectivity index is 2.05. The predicted molar refractivity (Wildman–Crippen MR) is 75.0 cm³/mol. The second-order valence-electron chi connectivity index (χ2n) is 5.63. The largest absolute Gasteiger partial charge is 0.481 e. The summed E-state index contributed by atoms with van der Waals surface area (Å²) in [6.07, 6.45) is 4.22. The van der Waals surface area contributed by atoms with Gasteiger partial charge in [0.05, 0.1) is 11.6 Å². The van der Waals surface area contributed by atoms with Crippen LogP contribution in [0, 0.1) is 11.8 Å². The van der Waals surface area contributed by atoms with Crippen molar-refractivity contribution in [3.8, 4) is 0 Å². The first-order chi connectivity index (χ1) is 9.20. The maximum absolute atomic E-state index is 11.7. The van der Waals surface area contributed by atoms with Crippen molar-refractivity contribution >= 4 is 17.4 Å². The smallest absolute Gasteiger partial charge is 0.311 e. The van der Waals surface area contributed by atoms with Gasteiger partial charge in [-0.05, 0) is 36.8 Å². The first-order valence-corrected chi connectivity index (χ1v) is 7.10. The van der Waals surface area contributed by atoms with E-state index in [0.717, 1.165) is 42.6 Å². The lowest BCUT2D eigenvalue weighted by Crippen LogP contribution is -2.35. The molecule has 1 N–H and O–H groups in total. The number of carbonyl (C=O) groups is 1. The summed E-state index contributed by atoms with van der Waals surface area (Å²) < 4.78 is 0. The molecular weight excluding hydrogens is 238 g/mol. The van der Waals surface area contributed by atoms with E-state index in [4.69, 9.17) is 4.99 Å². The second kappa shape index (κ2) is 4.80. The van der Waals surface area contributed by atoms with E-state index in [1.165, 1.54) is 0 Å². The molecule has 1 aromatic rings. The van der Waals surface area contributed by atoms with Crippen LogP contribution < -0.4 is 0 Å². The Labute approximate surface area is 113 Å². The minimum absolute atomic E-state index is 0.103. The van der Waals surface area contributed by atoms with Crippen molar-refractivity contribution < 1.29 is 9.90 Å². The molecule has 1 aromatic carbocycles. The van der Waals surface area contributed by atoms with Crippen molar-refractivity contribution in [2.24, 2.45) is 16.8 Å². The summed E-state index contributed by atoms with van der Waals surface area (Å²) >= 11 is 0. The van der Waals surface area contributed by atoms with E-state index >= 15 is 0 Å². The summed E-state index contributed by atoms with van der Waals surface area (Å²) in [5.74, 6) is -0.359. The Morgan fingerprint density at radius 2 is 2.21 bits per heavy atom. The van der Waals surface area contributed by atoms with Crippen molar-refractivity contribution in [2.75, 3.05) is 0 Å². The van der Waals surface area contributed by atoms with Gasteiger partial charge in [0, 0.05) is 11.6 Å². The zero-order chi connectivity index (χ0) is 13.4. The van der Waals surface area contributed by atoms with Crippen LogP contribution >= 0.6 is 0 Å². The highest BCUT2D eigenvalue weighted by atomic mass is 16.4. The fraction of sp³-hybridized carbons (Fsp3) is 0.500. The molecule has 0 radical (unpaired) electrons. The van der Waals surface area contributed by atoms with E-state index in [-0.39, 0.29) is 5.92 Å². The van der Waals surface area contributed by atoms with Crippen LogP contribution in [0.4, 0.5) is 5.69 Å². The van der Waals surface area contributed by atoms with Crippen molar-refractivity contribution in [3.63, 3.8) is 0 Å². The second-order valence-corrected chi connectivity index (χ2v) is 5.63. The number of aliphatic imine (C=N–C) groups is 1. The molecule has 3 atom stereocenters. The van der Waals surface area contributed by atoms with E-state index < -0.39 is 11.9 Å². The average Bonchev–Trinajstić information content (AvgIpc) is 2.43. The molecule has 1 saturated carbocycles. The molecule has 3 nitrogen and oxygen atoms in total. The lowest BCUT2D eigenvalue weighted by molar-refractivity contribution is -0.139. The summed E-state index contributed by atoms with van der Waals surface area (Å²) in [4.78, 5) is 16.4. The summed E-state index contributed by atoms with van der Waals surface area (Å²) in [7, 11) is 0. The van der Waals surface area contributed by atoms with Gasteiger partial charge in [-0.2, -0.15) is 0 Å².